The zero-order valence-corrected chi connectivity index (χ0v) is 8.85. The number of rotatable bonds is 3. The van der Waals surface area contributed by atoms with Crippen LogP contribution in [0.4, 0.5) is 0 Å². The van der Waals surface area contributed by atoms with Crippen LogP contribution in [-0.4, -0.2) is 11.1 Å². The van der Waals surface area contributed by atoms with Gasteiger partial charge in [-0.2, -0.15) is 0 Å². The highest BCUT2D eigenvalue weighted by Crippen LogP contribution is 2.13. The molecule has 0 saturated heterocycles. The SMILES string of the molecule is C=C/C(C)=C(\C(=C)C)C(=O)O.CC. The summed E-state index contributed by atoms with van der Waals surface area (Å²) in [6.45, 7) is 14.4. The largest absolute Gasteiger partial charge is 0.478 e. The lowest BCUT2D eigenvalue weighted by atomic mass is 10.0. The summed E-state index contributed by atoms with van der Waals surface area (Å²) in [5.41, 5.74) is 1.44. The summed E-state index contributed by atoms with van der Waals surface area (Å²) in [6.07, 6.45) is 1.51. The van der Waals surface area contributed by atoms with E-state index in [9.17, 15) is 4.79 Å². The summed E-state index contributed by atoms with van der Waals surface area (Å²) >= 11 is 0. The normalized spacial score (nSPS) is 10.5. The molecule has 0 saturated carbocycles. The first-order valence-corrected chi connectivity index (χ1v) is 4.23. The van der Waals surface area contributed by atoms with Crippen LogP contribution in [0.1, 0.15) is 27.7 Å². The van der Waals surface area contributed by atoms with Crippen molar-refractivity contribution in [1.29, 1.82) is 0 Å². The Hall–Kier alpha value is -1.31. The van der Waals surface area contributed by atoms with Gasteiger partial charge in [0.05, 0.1) is 5.57 Å². The first-order valence-electron chi connectivity index (χ1n) is 4.23. The third-order valence-electron chi connectivity index (χ3n) is 1.34. The van der Waals surface area contributed by atoms with E-state index in [0.29, 0.717) is 11.1 Å². The van der Waals surface area contributed by atoms with E-state index in [2.05, 4.69) is 13.2 Å². The van der Waals surface area contributed by atoms with Gasteiger partial charge in [-0.1, -0.05) is 33.1 Å². The molecule has 0 radical (unpaired) electrons. The molecule has 0 aliphatic carbocycles. The summed E-state index contributed by atoms with van der Waals surface area (Å²) in [5, 5.41) is 8.68. The first-order chi connectivity index (χ1) is 6.00. The highest BCUT2D eigenvalue weighted by Gasteiger charge is 2.09. The van der Waals surface area contributed by atoms with Crippen molar-refractivity contribution in [2.75, 3.05) is 0 Å². The Labute approximate surface area is 80.3 Å². The highest BCUT2D eigenvalue weighted by molar-refractivity contribution is 5.92. The maximum absolute atomic E-state index is 10.6. The van der Waals surface area contributed by atoms with Crippen molar-refractivity contribution in [3.8, 4) is 0 Å². The number of carboxylic acids is 1. The standard InChI is InChI=1S/C9H12O2.C2H6/c1-5-7(4)8(6(2)3)9(10)11;1-2/h5H,1-2H2,3-4H3,(H,10,11);1-2H3/b8-7+;. The molecule has 0 aromatic rings. The van der Waals surface area contributed by atoms with Crippen molar-refractivity contribution in [2.45, 2.75) is 27.7 Å². The van der Waals surface area contributed by atoms with Crippen LogP contribution in [0.25, 0.3) is 0 Å². The minimum absolute atomic E-state index is 0.250. The van der Waals surface area contributed by atoms with Gasteiger partial charge in [0.25, 0.3) is 0 Å². The van der Waals surface area contributed by atoms with Crippen LogP contribution >= 0.6 is 0 Å². The zero-order valence-electron chi connectivity index (χ0n) is 8.85. The molecule has 2 heteroatoms. The number of carboxylic acid groups (broad SMARTS) is 1. The highest BCUT2D eigenvalue weighted by atomic mass is 16.4. The molecule has 0 unspecified atom stereocenters. The lowest BCUT2D eigenvalue weighted by molar-refractivity contribution is -0.132. The summed E-state index contributed by atoms with van der Waals surface area (Å²) in [5.74, 6) is -0.949. The average Bonchev–Trinajstić information content (AvgIpc) is 2.06. The van der Waals surface area contributed by atoms with Crippen LogP contribution in [-0.2, 0) is 4.79 Å². The Balaban J connectivity index is 0. The third-order valence-corrected chi connectivity index (χ3v) is 1.34. The van der Waals surface area contributed by atoms with E-state index in [1.54, 1.807) is 13.8 Å². The van der Waals surface area contributed by atoms with Gasteiger partial charge in [-0.3, -0.25) is 0 Å². The van der Waals surface area contributed by atoms with E-state index in [4.69, 9.17) is 5.11 Å². The number of hydrogen-bond donors (Lipinski definition) is 1. The maximum Gasteiger partial charge on any atom is 0.336 e. The van der Waals surface area contributed by atoms with Crippen LogP contribution in [0, 0.1) is 0 Å². The van der Waals surface area contributed by atoms with Crippen LogP contribution in [0.5, 0.6) is 0 Å². The average molecular weight is 182 g/mol. The van der Waals surface area contributed by atoms with Crippen LogP contribution in [0.3, 0.4) is 0 Å². The van der Waals surface area contributed by atoms with Gasteiger partial charge >= 0.3 is 5.97 Å². The lowest BCUT2D eigenvalue weighted by Crippen LogP contribution is -2.03. The maximum atomic E-state index is 10.6. The molecule has 0 aliphatic rings. The van der Waals surface area contributed by atoms with Crippen molar-refractivity contribution in [1.82, 2.24) is 0 Å². The summed E-state index contributed by atoms with van der Waals surface area (Å²) < 4.78 is 0. The molecule has 0 bridgehead atoms. The van der Waals surface area contributed by atoms with Gasteiger partial charge in [0.2, 0.25) is 0 Å². The lowest BCUT2D eigenvalue weighted by Gasteiger charge is -2.02. The van der Waals surface area contributed by atoms with Crippen LogP contribution in [0.15, 0.2) is 36.0 Å². The molecule has 0 atom stereocenters. The summed E-state index contributed by atoms with van der Waals surface area (Å²) in [6, 6.07) is 0. The Morgan fingerprint density at radius 3 is 1.77 bits per heavy atom. The molecular formula is C11H18O2. The topological polar surface area (TPSA) is 37.3 Å². The number of aliphatic carboxylic acids is 1. The fourth-order valence-electron chi connectivity index (χ4n) is 0.790. The molecular weight excluding hydrogens is 164 g/mol. The van der Waals surface area contributed by atoms with Gasteiger partial charge in [-0.05, 0) is 25.0 Å². The molecule has 2 nitrogen and oxygen atoms in total. The van der Waals surface area contributed by atoms with Gasteiger partial charge < -0.3 is 5.11 Å². The molecule has 0 aromatic heterocycles. The molecule has 0 amide bonds. The Morgan fingerprint density at radius 1 is 1.31 bits per heavy atom. The Bertz CT molecular complexity index is 218. The van der Waals surface area contributed by atoms with E-state index < -0.39 is 5.97 Å². The molecule has 13 heavy (non-hydrogen) atoms. The molecule has 0 aliphatic heterocycles. The second kappa shape index (κ2) is 7.35. The van der Waals surface area contributed by atoms with E-state index >= 15 is 0 Å². The number of hydrogen-bond acceptors (Lipinski definition) is 1. The van der Waals surface area contributed by atoms with E-state index in [1.807, 2.05) is 13.8 Å². The quantitative estimate of drug-likeness (QED) is 0.537. The second-order valence-electron chi connectivity index (χ2n) is 2.35. The monoisotopic (exact) mass is 182 g/mol. The van der Waals surface area contributed by atoms with Crippen molar-refractivity contribution < 1.29 is 9.90 Å². The van der Waals surface area contributed by atoms with E-state index in [0.717, 1.165) is 0 Å². The summed E-state index contributed by atoms with van der Waals surface area (Å²) in [4.78, 5) is 10.6. The van der Waals surface area contributed by atoms with Crippen molar-refractivity contribution >= 4 is 5.97 Å². The van der Waals surface area contributed by atoms with Gasteiger partial charge in [0.1, 0.15) is 0 Å². The fourth-order valence-corrected chi connectivity index (χ4v) is 0.790. The zero-order chi connectivity index (χ0) is 11.0. The first kappa shape index (κ1) is 14.2. The molecule has 0 heterocycles. The summed E-state index contributed by atoms with van der Waals surface area (Å²) in [7, 11) is 0. The van der Waals surface area contributed by atoms with Gasteiger partial charge in [0, 0.05) is 0 Å². The number of carbonyl (C=O) groups is 1. The van der Waals surface area contributed by atoms with Crippen molar-refractivity contribution in [2.24, 2.45) is 0 Å². The van der Waals surface area contributed by atoms with E-state index in [-0.39, 0.29) is 5.57 Å². The molecule has 74 valence electrons. The Kier molecular flexibility index (Phi) is 8.04. The predicted octanol–water partition coefficient (Wildman–Crippen LogP) is 3.18. The minimum Gasteiger partial charge on any atom is -0.478 e. The van der Waals surface area contributed by atoms with Crippen LogP contribution in [0.2, 0.25) is 0 Å². The molecule has 0 aromatic carbocycles. The van der Waals surface area contributed by atoms with E-state index in [1.165, 1.54) is 6.08 Å². The van der Waals surface area contributed by atoms with Gasteiger partial charge in [0.15, 0.2) is 0 Å². The minimum atomic E-state index is -0.949. The smallest absolute Gasteiger partial charge is 0.336 e. The van der Waals surface area contributed by atoms with Crippen molar-refractivity contribution in [3.05, 3.63) is 36.0 Å². The van der Waals surface area contributed by atoms with Crippen LogP contribution < -0.4 is 0 Å². The predicted molar refractivity (Wildman–Crippen MR) is 56.7 cm³/mol. The fraction of sp³-hybridized carbons (Fsp3) is 0.364. The molecule has 0 rings (SSSR count). The molecule has 1 N–H and O–H groups in total. The van der Waals surface area contributed by atoms with Crippen molar-refractivity contribution in [3.63, 3.8) is 0 Å². The van der Waals surface area contributed by atoms with Gasteiger partial charge in [-0.25, -0.2) is 4.79 Å². The van der Waals surface area contributed by atoms with Gasteiger partial charge in [-0.15, -0.1) is 0 Å². The molecule has 0 spiro atoms. The second-order valence-corrected chi connectivity index (χ2v) is 2.35. The number of allylic oxidation sites excluding steroid dienone is 2. The Morgan fingerprint density at radius 2 is 1.69 bits per heavy atom. The molecule has 0 fully saturated rings. The third kappa shape index (κ3) is 5.01.